The number of nitrogens with zero attached hydrogens (tertiary/aromatic N) is 2. The number of nitrogens with one attached hydrogen (secondary N) is 2. The standard InChI is InChI=1S/C31H40N4O5/c1-31(2)18-24-29(26(36)19-31)30(22-17-21(38-3)9-10-27(22)39-4)35(25-8-6-5-7-23(25)33-24)20-28(37)32-11-12-34-13-15-40-16-14-34/h5-10,17,30,33H,11-16,18-20H2,1-4H3,(H,32,37). The molecule has 1 saturated heterocycles. The highest BCUT2D eigenvalue weighted by Crippen LogP contribution is 2.50. The molecular formula is C31H40N4O5. The quantitative estimate of drug-likeness (QED) is 0.515. The minimum Gasteiger partial charge on any atom is -0.497 e. The summed E-state index contributed by atoms with van der Waals surface area (Å²) in [6.07, 6.45) is 1.14. The number of methoxy groups -OCH3 is 2. The van der Waals surface area contributed by atoms with Crippen molar-refractivity contribution in [2.45, 2.75) is 32.7 Å². The number of anilines is 2. The summed E-state index contributed by atoms with van der Waals surface area (Å²) in [5, 5.41) is 6.71. The van der Waals surface area contributed by atoms with Gasteiger partial charge >= 0.3 is 0 Å². The molecule has 2 aliphatic heterocycles. The molecule has 5 rings (SSSR count). The summed E-state index contributed by atoms with van der Waals surface area (Å²) in [5.74, 6) is 1.25. The molecule has 214 valence electrons. The van der Waals surface area contributed by atoms with Gasteiger partial charge in [0.1, 0.15) is 11.5 Å². The lowest BCUT2D eigenvalue weighted by Gasteiger charge is -2.38. The molecule has 1 atom stereocenters. The lowest BCUT2D eigenvalue weighted by Crippen LogP contribution is -2.45. The number of benzene rings is 2. The van der Waals surface area contributed by atoms with Crippen LogP contribution in [-0.2, 0) is 14.3 Å². The normalized spacial score (nSPS) is 20.6. The van der Waals surface area contributed by atoms with Gasteiger partial charge in [-0.2, -0.15) is 0 Å². The number of allylic oxidation sites excluding steroid dienone is 1. The number of amides is 1. The fourth-order valence-corrected chi connectivity index (χ4v) is 5.99. The Balaban J connectivity index is 1.56. The van der Waals surface area contributed by atoms with E-state index in [1.54, 1.807) is 14.2 Å². The van der Waals surface area contributed by atoms with Gasteiger partial charge in [-0.15, -0.1) is 0 Å². The van der Waals surface area contributed by atoms with Gasteiger partial charge in [-0.1, -0.05) is 26.0 Å². The first-order chi connectivity index (χ1) is 19.3. The van der Waals surface area contributed by atoms with Gasteiger partial charge in [-0.3, -0.25) is 14.5 Å². The Hall–Kier alpha value is -3.56. The molecule has 2 aromatic rings. The molecule has 2 heterocycles. The molecule has 40 heavy (non-hydrogen) atoms. The number of carbonyl (C=O) groups excluding carboxylic acids is 2. The number of rotatable bonds is 8. The Bertz CT molecular complexity index is 1280. The van der Waals surface area contributed by atoms with E-state index in [0.29, 0.717) is 36.5 Å². The van der Waals surface area contributed by atoms with Gasteiger partial charge in [0.25, 0.3) is 0 Å². The first-order valence-corrected chi connectivity index (χ1v) is 14.0. The zero-order chi connectivity index (χ0) is 28.3. The third-order valence-electron chi connectivity index (χ3n) is 7.90. The summed E-state index contributed by atoms with van der Waals surface area (Å²) in [4.78, 5) is 31.8. The number of hydrogen-bond acceptors (Lipinski definition) is 8. The van der Waals surface area contributed by atoms with Crippen molar-refractivity contribution in [3.05, 3.63) is 59.3 Å². The zero-order valence-corrected chi connectivity index (χ0v) is 23.9. The maximum atomic E-state index is 14.0. The van der Waals surface area contributed by atoms with E-state index in [4.69, 9.17) is 14.2 Å². The van der Waals surface area contributed by atoms with Crippen LogP contribution in [0, 0.1) is 5.41 Å². The minimum atomic E-state index is -0.551. The third-order valence-corrected chi connectivity index (χ3v) is 7.90. The summed E-state index contributed by atoms with van der Waals surface area (Å²) < 4.78 is 16.8. The van der Waals surface area contributed by atoms with Gasteiger partial charge in [-0.05, 0) is 42.2 Å². The molecule has 0 aromatic heterocycles. The molecule has 0 bridgehead atoms. The number of Topliss-reactive ketones (excluding diaryl/α,β-unsaturated/α-hetero) is 1. The van der Waals surface area contributed by atoms with Crippen LogP contribution >= 0.6 is 0 Å². The van der Waals surface area contributed by atoms with Crippen molar-refractivity contribution in [3.63, 3.8) is 0 Å². The molecule has 0 spiro atoms. The lowest BCUT2D eigenvalue weighted by molar-refractivity contribution is -0.120. The van der Waals surface area contributed by atoms with E-state index in [1.807, 2.05) is 47.4 Å². The molecule has 3 aliphatic rings. The van der Waals surface area contributed by atoms with Crippen LogP contribution in [0.25, 0.3) is 0 Å². The highest BCUT2D eigenvalue weighted by molar-refractivity contribution is 6.02. The number of para-hydroxylation sites is 2. The second kappa shape index (κ2) is 11.9. The Labute approximate surface area is 236 Å². The predicted molar refractivity (Wildman–Crippen MR) is 155 cm³/mol. The van der Waals surface area contributed by atoms with E-state index in [0.717, 1.165) is 55.5 Å². The Morgan fingerprint density at radius 2 is 1.88 bits per heavy atom. The minimum absolute atomic E-state index is 0.0687. The van der Waals surface area contributed by atoms with Crippen LogP contribution in [0.2, 0.25) is 0 Å². The molecule has 2 N–H and O–H groups in total. The Morgan fingerprint density at radius 3 is 2.62 bits per heavy atom. The van der Waals surface area contributed by atoms with E-state index in [2.05, 4.69) is 29.4 Å². The molecule has 0 radical (unpaired) electrons. The van der Waals surface area contributed by atoms with Gasteiger partial charge in [0.2, 0.25) is 5.91 Å². The van der Waals surface area contributed by atoms with Crippen molar-refractivity contribution in [2.24, 2.45) is 5.41 Å². The average molecular weight is 549 g/mol. The molecule has 9 heteroatoms. The molecule has 2 aromatic carbocycles. The van der Waals surface area contributed by atoms with Gasteiger partial charge < -0.3 is 29.7 Å². The van der Waals surface area contributed by atoms with Crippen LogP contribution in [0.4, 0.5) is 11.4 Å². The van der Waals surface area contributed by atoms with Crippen molar-refractivity contribution < 1.29 is 23.8 Å². The van der Waals surface area contributed by atoms with Crippen molar-refractivity contribution in [1.29, 1.82) is 0 Å². The number of ketones is 1. The number of fused-ring (bicyclic) bond motifs is 1. The highest BCUT2D eigenvalue weighted by atomic mass is 16.5. The monoisotopic (exact) mass is 548 g/mol. The fraction of sp³-hybridized carbons (Fsp3) is 0.484. The zero-order valence-electron chi connectivity index (χ0n) is 23.9. The summed E-state index contributed by atoms with van der Waals surface area (Å²) in [6, 6.07) is 13.0. The molecule has 1 amide bonds. The summed E-state index contributed by atoms with van der Waals surface area (Å²) in [7, 11) is 3.24. The number of morpholine rings is 1. The summed E-state index contributed by atoms with van der Waals surface area (Å²) in [5.41, 5.74) is 3.86. The van der Waals surface area contributed by atoms with Gasteiger partial charge in [0, 0.05) is 49.4 Å². The van der Waals surface area contributed by atoms with Gasteiger partial charge in [0.05, 0.1) is 51.4 Å². The SMILES string of the molecule is COc1ccc(OC)c(C2C3=C(CC(C)(C)CC3=O)Nc3ccccc3N2CC(=O)NCCN2CCOCC2)c1. The second-order valence-electron chi connectivity index (χ2n) is 11.4. The second-order valence-corrected chi connectivity index (χ2v) is 11.4. The fourth-order valence-electron chi connectivity index (χ4n) is 5.99. The maximum Gasteiger partial charge on any atom is 0.239 e. The van der Waals surface area contributed by atoms with Crippen LogP contribution in [0.15, 0.2) is 53.7 Å². The van der Waals surface area contributed by atoms with E-state index >= 15 is 0 Å². The van der Waals surface area contributed by atoms with Gasteiger partial charge in [0.15, 0.2) is 5.78 Å². The van der Waals surface area contributed by atoms with Crippen LogP contribution in [-0.4, -0.2) is 76.7 Å². The number of hydrogen-bond donors (Lipinski definition) is 2. The van der Waals surface area contributed by atoms with Crippen molar-refractivity contribution >= 4 is 23.1 Å². The van der Waals surface area contributed by atoms with Gasteiger partial charge in [-0.25, -0.2) is 0 Å². The average Bonchev–Trinajstić information content (AvgIpc) is 3.07. The van der Waals surface area contributed by atoms with Crippen LogP contribution in [0.3, 0.4) is 0 Å². The molecule has 0 saturated carbocycles. The molecule has 9 nitrogen and oxygen atoms in total. The van der Waals surface area contributed by atoms with Crippen molar-refractivity contribution in [2.75, 3.05) is 70.4 Å². The third kappa shape index (κ3) is 5.95. The topological polar surface area (TPSA) is 92.4 Å². The first kappa shape index (κ1) is 28.0. The van der Waals surface area contributed by atoms with Crippen LogP contribution in [0.1, 0.15) is 38.3 Å². The Morgan fingerprint density at radius 1 is 1.10 bits per heavy atom. The molecular weight excluding hydrogens is 508 g/mol. The number of carbonyl (C=O) groups is 2. The maximum absolute atomic E-state index is 14.0. The molecule has 1 unspecified atom stereocenters. The van der Waals surface area contributed by atoms with Crippen LogP contribution in [0.5, 0.6) is 11.5 Å². The molecule has 1 aliphatic carbocycles. The smallest absolute Gasteiger partial charge is 0.239 e. The lowest BCUT2D eigenvalue weighted by atomic mass is 9.73. The summed E-state index contributed by atoms with van der Waals surface area (Å²) >= 11 is 0. The van der Waals surface area contributed by atoms with Crippen molar-refractivity contribution in [1.82, 2.24) is 10.2 Å². The molecule has 1 fully saturated rings. The highest BCUT2D eigenvalue weighted by Gasteiger charge is 2.43. The van der Waals surface area contributed by atoms with Crippen LogP contribution < -0.4 is 25.0 Å². The first-order valence-electron chi connectivity index (χ1n) is 14.0. The van der Waals surface area contributed by atoms with E-state index in [-0.39, 0.29) is 23.7 Å². The van der Waals surface area contributed by atoms with E-state index < -0.39 is 6.04 Å². The predicted octanol–water partition coefficient (Wildman–Crippen LogP) is 3.77. The largest absolute Gasteiger partial charge is 0.497 e. The number of ether oxygens (including phenoxy) is 3. The van der Waals surface area contributed by atoms with E-state index in [1.165, 1.54) is 0 Å². The van der Waals surface area contributed by atoms with Crippen molar-refractivity contribution in [3.8, 4) is 11.5 Å². The van der Waals surface area contributed by atoms with E-state index in [9.17, 15) is 9.59 Å². The Kier molecular flexibility index (Phi) is 8.32. The summed E-state index contributed by atoms with van der Waals surface area (Å²) in [6.45, 7) is 8.80.